The molecule has 0 saturated carbocycles. The van der Waals surface area contributed by atoms with Crippen LogP contribution in [0.5, 0.6) is 0 Å². The molecule has 0 aromatic heterocycles. The lowest BCUT2D eigenvalue weighted by atomic mass is 10.2. The minimum atomic E-state index is 0.276. The lowest BCUT2D eigenvalue weighted by Gasteiger charge is -2.25. The predicted molar refractivity (Wildman–Crippen MR) is 58.6 cm³/mol. The topological polar surface area (TPSA) is 12.5 Å². The maximum atomic E-state index is 5.43. The molecule has 0 radical (unpaired) electrons. The summed E-state index contributed by atoms with van der Waals surface area (Å²) in [6.45, 7) is 3.23. The average molecular weight is 191 g/mol. The van der Waals surface area contributed by atoms with Crippen LogP contribution >= 0.6 is 0 Å². The molecule has 2 rings (SSSR count). The molecule has 1 atom stereocenters. The van der Waals surface area contributed by atoms with Gasteiger partial charge in [-0.15, -0.1) is 0 Å². The Bertz CT molecular complexity index is 294. The molecule has 1 aromatic rings. The molecule has 0 bridgehead atoms. The van der Waals surface area contributed by atoms with Gasteiger partial charge in [-0.3, -0.25) is 0 Å². The number of hydrogen-bond acceptors (Lipinski definition) is 2. The van der Waals surface area contributed by atoms with Crippen LogP contribution in [0.4, 0.5) is 5.69 Å². The van der Waals surface area contributed by atoms with Crippen molar-refractivity contribution in [3.63, 3.8) is 0 Å². The van der Waals surface area contributed by atoms with Crippen molar-refractivity contribution in [2.24, 2.45) is 0 Å². The van der Waals surface area contributed by atoms with Crippen LogP contribution in [0.1, 0.15) is 18.4 Å². The first kappa shape index (κ1) is 9.53. The lowest BCUT2D eigenvalue weighted by molar-refractivity contribution is 0.111. The Hall–Kier alpha value is -1.02. The summed E-state index contributed by atoms with van der Waals surface area (Å²) in [7, 11) is 1.79. The monoisotopic (exact) mass is 191 g/mol. The quantitative estimate of drug-likeness (QED) is 0.712. The van der Waals surface area contributed by atoms with Crippen LogP contribution in [-0.2, 0) is 4.74 Å². The normalized spacial score (nSPS) is 21.6. The fourth-order valence-corrected chi connectivity index (χ4v) is 2.01. The molecule has 1 heterocycles. The summed E-state index contributed by atoms with van der Waals surface area (Å²) < 4.78 is 5.43. The van der Waals surface area contributed by atoms with Gasteiger partial charge in [0, 0.05) is 19.3 Å². The van der Waals surface area contributed by atoms with Gasteiger partial charge in [-0.1, -0.05) is 17.7 Å². The van der Waals surface area contributed by atoms with Crippen molar-refractivity contribution in [2.75, 3.05) is 18.6 Å². The molecule has 1 unspecified atom stereocenters. The highest BCUT2D eigenvalue weighted by molar-refractivity contribution is 5.48. The van der Waals surface area contributed by atoms with E-state index < -0.39 is 0 Å². The van der Waals surface area contributed by atoms with Crippen molar-refractivity contribution in [1.29, 1.82) is 0 Å². The summed E-state index contributed by atoms with van der Waals surface area (Å²) in [5.41, 5.74) is 2.59. The Kier molecular flexibility index (Phi) is 2.73. The van der Waals surface area contributed by atoms with Gasteiger partial charge in [0.15, 0.2) is 0 Å². The first-order valence-electron chi connectivity index (χ1n) is 5.17. The highest BCUT2D eigenvalue weighted by atomic mass is 16.5. The molecule has 0 spiro atoms. The van der Waals surface area contributed by atoms with Crippen molar-refractivity contribution in [2.45, 2.75) is 26.0 Å². The number of aryl methyl sites for hydroxylation is 1. The van der Waals surface area contributed by atoms with E-state index in [2.05, 4.69) is 36.1 Å². The summed E-state index contributed by atoms with van der Waals surface area (Å²) in [6, 6.07) is 8.65. The van der Waals surface area contributed by atoms with E-state index in [-0.39, 0.29) is 6.23 Å². The Morgan fingerprint density at radius 1 is 1.29 bits per heavy atom. The number of rotatable bonds is 2. The molecule has 1 aliphatic heterocycles. The second kappa shape index (κ2) is 4.01. The van der Waals surface area contributed by atoms with Crippen molar-refractivity contribution < 1.29 is 4.74 Å². The highest BCUT2D eigenvalue weighted by Gasteiger charge is 2.23. The second-order valence-electron chi connectivity index (χ2n) is 3.86. The molecule has 14 heavy (non-hydrogen) atoms. The molecule has 76 valence electrons. The van der Waals surface area contributed by atoms with E-state index in [9.17, 15) is 0 Å². The van der Waals surface area contributed by atoms with Crippen LogP contribution in [0.15, 0.2) is 24.3 Å². The molecule has 1 aromatic carbocycles. The van der Waals surface area contributed by atoms with Gasteiger partial charge in [0.25, 0.3) is 0 Å². The molecule has 1 fully saturated rings. The molecular formula is C12H17NO. The first-order chi connectivity index (χ1) is 6.81. The van der Waals surface area contributed by atoms with E-state index in [1.165, 1.54) is 17.7 Å². The maximum absolute atomic E-state index is 5.43. The predicted octanol–water partition coefficient (Wildman–Crippen LogP) is 2.57. The van der Waals surface area contributed by atoms with Gasteiger partial charge in [-0.25, -0.2) is 0 Å². The van der Waals surface area contributed by atoms with Crippen LogP contribution in [-0.4, -0.2) is 19.9 Å². The van der Waals surface area contributed by atoms with Crippen molar-refractivity contribution in [3.05, 3.63) is 29.8 Å². The molecule has 0 aliphatic carbocycles. The summed E-state index contributed by atoms with van der Waals surface area (Å²) in [6.07, 6.45) is 2.65. The number of methoxy groups -OCH3 is 1. The van der Waals surface area contributed by atoms with Gasteiger partial charge < -0.3 is 9.64 Å². The largest absolute Gasteiger partial charge is 0.362 e. The Labute approximate surface area is 85.5 Å². The molecule has 2 heteroatoms. The Morgan fingerprint density at radius 2 is 2.00 bits per heavy atom. The van der Waals surface area contributed by atoms with Crippen LogP contribution in [0.2, 0.25) is 0 Å². The third kappa shape index (κ3) is 1.75. The van der Waals surface area contributed by atoms with E-state index in [4.69, 9.17) is 4.74 Å². The van der Waals surface area contributed by atoms with Crippen LogP contribution < -0.4 is 4.90 Å². The van der Waals surface area contributed by atoms with Crippen LogP contribution in [0.25, 0.3) is 0 Å². The van der Waals surface area contributed by atoms with Crippen molar-refractivity contribution in [3.8, 4) is 0 Å². The lowest BCUT2D eigenvalue weighted by Crippen LogP contribution is -2.30. The van der Waals surface area contributed by atoms with Crippen LogP contribution in [0, 0.1) is 6.92 Å². The molecule has 1 aliphatic rings. The molecule has 0 amide bonds. The maximum Gasteiger partial charge on any atom is 0.129 e. The van der Waals surface area contributed by atoms with Crippen LogP contribution in [0.3, 0.4) is 0 Å². The standard InChI is InChI=1S/C12H17NO/c1-10-5-7-11(8-6-10)13-9-3-4-12(13)14-2/h5-8,12H,3-4,9H2,1-2H3. The van der Waals surface area contributed by atoms with Gasteiger partial charge >= 0.3 is 0 Å². The van der Waals surface area contributed by atoms with E-state index >= 15 is 0 Å². The fourth-order valence-electron chi connectivity index (χ4n) is 2.01. The molecular weight excluding hydrogens is 174 g/mol. The Morgan fingerprint density at radius 3 is 2.64 bits per heavy atom. The summed E-state index contributed by atoms with van der Waals surface area (Å²) in [5, 5.41) is 0. The number of benzene rings is 1. The van der Waals surface area contributed by atoms with Gasteiger partial charge in [0.2, 0.25) is 0 Å². The van der Waals surface area contributed by atoms with E-state index in [1.807, 2.05) is 0 Å². The third-order valence-corrected chi connectivity index (χ3v) is 2.84. The zero-order valence-corrected chi connectivity index (χ0v) is 8.86. The first-order valence-corrected chi connectivity index (χ1v) is 5.17. The fraction of sp³-hybridized carbons (Fsp3) is 0.500. The minimum absolute atomic E-state index is 0.276. The van der Waals surface area contributed by atoms with Gasteiger partial charge in [-0.2, -0.15) is 0 Å². The van der Waals surface area contributed by atoms with Crippen molar-refractivity contribution >= 4 is 5.69 Å². The number of hydrogen-bond donors (Lipinski definition) is 0. The minimum Gasteiger partial charge on any atom is -0.362 e. The van der Waals surface area contributed by atoms with Gasteiger partial charge in [0.05, 0.1) is 0 Å². The summed E-state index contributed by atoms with van der Waals surface area (Å²) in [4.78, 5) is 2.33. The molecule has 0 N–H and O–H groups in total. The molecule has 2 nitrogen and oxygen atoms in total. The SMILES string of the molecule is COC1CCCN1c1ccc(C)cc1. The number of anilines is 1. The number of nitrogens with zero attached hydrogens (tertiary/aromatic N) is 1. The second-order valence-corrected chi connectivity index (χ2v) is 3.86. The van der Waals surface area contributed by atoms with E-state index in [0.29, 0.717) is 0 Å². The summed E-state index contributed by atoms with van der Waals surface area (Å²) >= 11 is 0. The average Bonchev–Trinajstić information content (AvgIpc) is 2.67. The smallest absolute Gasteiger partial charge is 0.129 e. The highest BCUT2D eigenvalue weighted by Crippen LogP contribution is 2.25. The zero-order chi connectivity index (χ0) is 9.97. The Balaban J connectivity index is 2.17. The molecule has 1 saturated heterocycles. The third-order valence-electron chi connectivity index (χ3n) is 2.84. The number of ether oxygens (including phenoxy) is 1. The van der Waals surface area contributed by atoms with Gasteiger partial charge in [0.1, 0.15) is 6.23 Å². The zero-order valence-electron chi connectivity index (χ0n) is 8.86. The van der Waals surface area contributed by atoms with E-state index in [0.717, 1.165) is 13.0 Å². The van der Waals surface area contributed by atoms with Crippen molar-refractivity contribution in [1.82, 2.24) is 0 Å². The van der Waals surface area contributed by atoms with E-state index in [1.54, 1.807) is 7.11 Å². The van der Waals surface area contributed by atoms with Gasteiger partial charge in [-0.05, 0) is 31.9 Å². The summed E-state index contributed by atoms with van der Waals surface area (Å²) in [5.74, 6) is 0.